The number of hydrogen-bond donors (Lipinski definition) is 2. The fourth-order valence-corrected chi connectivity index (χ4v) is 2.81. The van der Waals surface area contributed by atoms with Crippen molar-refractivity contribution in [2.24, 2.45) is 0 Å². The van der Waals surface area contributed by atoms with Crippen LogP contribution in [0.5, 0.6) is 11.5 Å². The third-order valence-corrected chi connectivity index (χ3v) is 4.09. The molecule has 0 atom stereocenters. The molecule has 1 heterocycles. The van der Waals surface area contributed by atoms with Crippen molar-refractivity contribution in [2.75, 3.05) is 7.11 Å². The molecule has 0 spiro atoms. The summed E-state index contributed by atoms with van der Waals surface area (Å²) >= 11 is 0. The van der Waals surface area contributed by atoms with Crippen LogP contribution in [-0.2, 0) is 16.6 Å². The smallest absolute Gasteiger partial charge is 0.387 e. The summed E-state index contributed by atoms with van der Waals surface area (Å²) in [6.07, 6.45) is 1.46. The number of H-pyrrole nitrogens is 1. The van der Waals surface area contributed by atoms with Gasteiger partial charge in [0.15, 0.2) is 0 Å². The number of nitrogens with one attached hydrogen (secondary N) is 2. The van der Waals surface area contributed by atoms with Gasteiger partial charge in [-0.25, -0.2) is 13.1 Å². The van der Waals surface area contributed by atoms with E-state index < -0.39 is 27.3 Å². The minimum absolute atomic E-state index is 0.0757. The lowest BCUT2D eigenvalue weighted by Gasteiger charge is -2.13. The van der Waals surface area contributed by atoms with E-state index in [0.717, 1.165) is 12.1 Å². The zero-order valence-corrected chi connectivity index (χ0v) is 12.2. The van der Waals surface area contributed by atoms with Gasteiger partial charge in [-0.3, -0.25) is 5.10 Å². The molecule has 0 radical (unpaired) electrons. The van der Waals surface area contributed by atoms with Gasteiger partial charge < -0.3 is 9.47 Å². The molecule has 0 fully saturated rings. The molecular weight excluding hydrogens is 320 g/mol. The van der Waals surface area contributed by atoms with Crippen molar-refractivity contribution in [3.05, 3.63) is 36.2 Å². The lowest BCUT2D eigenvalue weighted by Crippen LogP contribution is -2.24. The monoisotopic (exact) mass is 333 g/mol. The number of methoxy groups -OCH3 is 1. The van der Waals surface area contributed by atoms with E-state index in [9.17, 15) is 17.2 Å². The van der Waals surface area contributed by atoms with E-state index >= 15 is 0 Å². The third-order valence-electron chi connectivity index (χ3n) is 2.67. The van der Waals surface area contributed by atoms with E-state index in [-0.39, 0.29) is 12.3 Å². The largest absolute Gasteiger partial charge is 0.497 e. The highest BCUT2D eigenvalue weighted by atomic mass is 32.2. The fourth-order valence-electron chi connectivity index (χ4n) is 1.65. The van der Waals surface area contributed by atoms with Crippen molar-refractivity contribution >= 4 is 10.0 Å². The SMILES string of the molecule is COc1ccc(OC(F)F)c(S(=O)(=O)NCc2ccn[nH]2)c1. The van der Waals surface area contributed by atoms with E-state index in [0.29, 0.717) is 5.69 Å². The van der Waals surface area contributed by atoms with E-state index in [1.54, 1.807) is 6.07 Å². The van der Waals surface area contributed by atoms with E-state index in [2.05, 4.69) is 19.7 Å². The minimum atomic E-state index is -4.08. The molecule has 1 aromatic carbocycles. The summed E-state index contributed by atoms with van der Waals surface area (Å²) in [5.74, 6) is -0.267. The van der Waals surface area contributed by atoms with Crippen molar-refractivity contribution in [1.82, 2.24) is 14.9 Å². The number of nitrogens with zero attached hydrogens (tertiary/aromatic N) is 1. The molecule has 2 N–H and O–H groups in total. The van der Waals surface area contributed by atoms with Crippen molar-refractivity contribution in [2.45, 2.75) is 18.1 Å². The van der Waals surface area contributed by atoms with Crippen LogP contribution < -0.4 is 14.2 Å². The highest BCUT2D eigenvalue weighted by Crippen LogP contribution is 2.29. The number of alkyl halides is 2. The molecule has 0 amide bonds. The molecule has 0 saturated carbocycles. The average molecular weight is 333 g/mol. The average Bonchev–Trinajstić information content (AvgIpc) is 2.98. The Balaban J connectivity index is 2.30. The van der Waals surface area contributed by atoms with Gasteiger partial charge in [-0.15, -0.1) is 0 Å². The van der Waals surface area contributed by atoms with E-state index in [1.807, 2.05) is 0 Å². The van der Waals surface area contributed by atoms with Gasteiger partial charge in [0.25, 0.3) is 0 Å². The van der Waals surface area contributed by atoms with Crippen LogP contribution >= 0.6 is 0 Å². The lowest BCUT2D eigenvalue weighted by atomic mass is 10.3. The Labute approximate surface area is 125 Å². The standard InChI is InChI=1S/C12H13F2N3O4S/c1-20-9-2-3-10(21-12(13)14)11(6-9)22(18,19)16-7-8-4-5-15-17-8/h2-6,12,16H,7H2,1H3,(H,15,17). The maximum Gasteiger partial charge on any atom is 0.387 e. The van der Waals surface area contributed by atoms with Gasteiger partial charge in [0.1, 0.15) is 16.4 Å². The molecule has 0 bridgehead atoms. The Bertz CT molecular complexity index is 720. The summed E-state index contributed by atoms with van der Waals surface area (Å²) < 4.78 is 60.8. The molecule has 7 nitrogen and oxygen atoms in total. The molecule has 10 heteroatoms. The second kappa shape index (κ2) is 6.71. The molecule has 0 aliphatic heterocycles. The predicted molar refractivity (Wildman–Crippen MR) is 72.2 cm³/mol. The summed E-state index contributed by atoms with van der Waals surface area (Å²) in [4.78, 5) is -0.438. The van der Waals surface area contributed by atoms with E-state index in [1.165, 1.54) is 19.4 Å². The number of ether oxygens (including phenoxy) is 2. The first-order chi connectivity index (χ1) is 10.4. The zero-order chi connectivity index (χ0) is 16.2. The molecular formula is C12H13F2N3O4S. The fraction of sp³-hybridized carbons (Fsp3) is 0.250. The number of rotatable bonds is 7. The quantitative estimate of drug-likeness (QED) is 0.801. The van der Waals surface area contributed by atoms with Crippen LogP contribution in [0, 0.1) is 0 Å². The summed E-state index contributed by atoms with van der Waals surface area (Å²) in [5, 5.41) is 6.25. The molecule has 1 aromatic heterocycles. The van der Waals surface area contributed by atoms with Gasteiger partial charge >= 0.3 is 6.61 Å². The summed E-state index contributed by atoms with van der Waals surface area (Å²) in [5.41, 5.74) is 0.516. The van der Waals surface area contributed by atoms with Crippen LogP contribution in [0.15, 0.2) is 35.4 Å². The second-order valence-electron chi connectivity index (χ2n) is 4.10. The normalized spacial score (nSPS) is 11.6. The number of hydrogen-bond acceptors (Lipinski definition) is 5. The molecule has 22 heavy (non-hydrogen) atoms. The van der Waals surface area contributed by atoms with Gasteiger partial charge in [-0.1, -0.05) is 0 Å². The first kappa shape index (κ1) is 16.2. The van der Waals surface area contributed by atoms with Gasteiger partial charge in [0.2, 0.25) is 10.0 Å². The lowest BCUT2D eigenvalue weighted by molar-refractivity contribution is -0.0517. The van der Waals surface area contributed by atoms with Gasteiger partial charge in [0, 0.05) is 12.3 Å². The third kappa shape index (κ3) is 3.92. The van der Waals surface area contributed by atoms with Gasteiger partial charge in [0.05, 0.1) is 19.3 Å². The van der Waals surface area contributed by atoms with Crippen molar-refractivity contribution < 1.29 is 26.7 Å². The highest BCUT2D eigenvalue weighted by molar-refractivity contribution is 7.89. The minimum Gasteiger partial charge on any atom is -0.497 e. The van der Waals surface area contributed by atoms with Crippen LogP contribution in [0.25, 0.3) is 0 Å². The van der Waals surface area contributed by atoms with Crippen LogP contribution in [-0.4, -0.2) is 32.3 Å². The second-order valence-corrected chi connectivity index (χ2v) is 5.83. The van der Waals surface area contributed by atoms with Crippen LogP contribution in [0.1, 0.15) is 5.69 Å². The Morgan fingerprint density at radius 3 is 2.73 bits per heavy atom. The topological polar surface area (TPSA) is 93.3 Å². The molecule has 120 valence electrons. The van der Waals surface area contributed by atoms with Crippen LogP contribution in [0.4, 0.5) is 8.78 Å². The molecule has 2 aromatic rings. The first-order valence-corrected chi connectivity index (χ1v) is 7.51. The first-order valence-electron chi connectivity index (χ1n) is 6.03. The number of aromatic nitrogens is 2. The molecule has 0 aliphatic carbocycles. The number of benzene rings is 1. The number of aromatic amines is 1. The molecule has 2 rings (SSSR count). The Kier molecular flexibility index (Phi) is 4.93. The van der Waals surface area contributed by atoms with E-state index in [4.69, 9.17) is 4.74 Å². The Morgan fingerprint density at radius 2 is 2.14 bits per heavy atom. The Hall–Kier alpha value is -2.20. The van der Waals surface area contributed by atoms with Gasteiger partial charge in [-0.05, 0) is 18.2 Å². The van der Waals surface area contributed by atoms with Crippen molar-refractivity contribution in [1.29, 1.82) is 0 Å². The summed E-state index contributed by atoms with van der Waals surface area (Å²) in [7, 11) is -2.75. The Morgan fingerprint density at radius 1 is 1.36 bits per heavy atom. The van der Waals surface area contributed by atoms with Crippen LogP contribution in [0.2, 0.25) is 0 Å². The molecule has 0 aliphatic rings. The van der Waals surface area contributed by atoms with Crippen molar-refractivity contribution in [3.8, 4) is 11.5 Å². The summed E-state index contributed by atoms with van der Waals surface area (Å²) in [6.45, 7) is -3.22. The van der Waals surface area contributed by atoms with Crippen LogP contribution in [0.3, 0.4) is 0 Å². The summed E-state index contributed by atoms with van der Waals surface area (Å²) in [6, 6.07) is 5.11. The number of halogens is 2. The molecule has 0 unspecified atom stereocenters. The molecule has 0 saturated heterocycles. The highest BCUT2D eigenvalue weighted by Gasteiger charge is 2.22. The predicted octanol–water partition coefficient (Wildman–Crippen LogP) is 1.50. The van der Waals surface area contributed by atoms with Crippen molar-refractivity contribution in [3.63, 3.8) is 0 Å². The van der Waals surface area contributed by atoms with Gasteiger partial charge in [-0.2, -0.15) is 13.9 Å². The maximum absolute atomic E-state index is 12.4. The maximum atomic E-state index is 12.4. The zero-order valence-electron chi connectivity index (χ0n) is 11.4. The number of sulfonamides is 1.